The zero-order valence-electron chi connectivity index (χ0n) is 8.16. The number of hydrogen-bond donors (Lipinski definition) is 2. The van der Waals surface area contributed by atoms with Crippen LogP contribution in [0.2, 0.25) is 0 Å². The minimum atomic E-state index is -0.555. The van der Waals surface area contributed by atoms with Crippen LogP contribution >= 0.6 is 0 Å². The number of pyridine rings is 1. The zero-order chi connectivity index (χ0) is 10.8. The smallest absolute Gasteiger partial charge is 0.255 e. The Labute approximate surface area is 86.7 Å². The summed E-state index contributed by atoms with van der Waals surface area (Å²) < 4.78 is 12.8. The van der Waals surface area contributed by atoms with Gasteiger partial charge in [0.15, 0.2) is 0 Å². The van der Waals surface area contributed by atoms with E-state index in [0.29, 0.717) is 12.5 Å². The van der Waals surface area contributed by atoms with Crippen molar-refractivity contribution in [3.8, 4) is 0 Å². The second-order valence-electron chi connectivity index (χ2n) is 3.74. The molecule has 1 saturated carbocycles. The quantitative estimate of drug-likeness (QED) is 0.778. The molecule has 1 heterocycles. The fraction of sp³-hybridized carbons (Fsp3) is 0.400. The van der Waals surface area contributed by atoms with E-state index in [-0.39, 0.29) is 17.3 Å². The number of rotatable bonds is 3. The van der Waals surface area contributed by atoms with Gasteiger partial charge in [-0.3, -0.25) is 4.79 Å². The Morgan fingerprint density at radius 2 is 2.40 bits per heavy atom. The van der Waals surface area contributed by atoms with E-state index in [1.54, 1.807) is 0 Å². The van der Waals surface area contributed by atoms with Crippen LogP contribution in [0.5, 0.6) is 0 Å². The maximum absolute atomic E-state index is 12.8. The normalized spacial score (nSPS) is 15.0. The highest BCUT2D eigenvalue weighted by Crippen LogP contribution is 2.27. The van der Waals surface area contributed by atoms with Crippen LogP contribution in [-0.4, -0.2) is 17.4 Å². The molecule has 4 nitrogen and oxygen atoms in total. The number of halogens is 1. The van der Waals surface area contributed by atoms with Gasteiger partial charge in [0.1, 0.15) is 11.6 Å². The Bertz CT molecular complexity index is 390. The van der Waals surface area contributed by atoms with Crippen molar-refractivity contribution in [2.24, 2.45) is 5.92 Å². The lowest BCUT2D eigenvalue weighted by molar-refractivity contribution is 0.0952. The number of nitrogens with two attached hydrogens (primary N) is 1. The maximum Gasteiger partial charge on any atom is 0.255 e. The van der Waals surface area contributed by atoms with Gasteiger partial charge in [-0.05, 0) is 24.8 Å². The van der Waals surface area contributed by atoms with Gasteiger partial charge in [-0.15, -0.1) is 0 Å². The predicted octanol–water partition coefficient (Wildman–Crippen LogP) is 0.943. The van der Waals surface area contributed by atoms with E-state index < -0.39 is 5.82 Å². The van der Waals surface area contributed by atoms with Gasteiger partial charge >= 0.3 is 0 Å². The Morgan fingerprint density at radius 3 is 3.07 bits per heavy atom. The molecule has 0 atom stereocenters. The molecule has 15 heavy (non-hydrogen) atoms. The lowest BCUT2D eigenvalue weighted by Crippen LogP contribution is -2.26. The maximum atomic E-state index is 12.8. The van der Waals surface area contributed by atoms with E-state index in [9.17, 15) is 9.18 Å². The van der Waals surface area contributed by atoms with E-state index >= 15 is 0 Å². The Hall–Kier alpha value is -1.65. The van der Waals surface area contributed by atoms with Gasteiger partial charge in [0, 0.05) is 6.54 Å². The number of carbonyl (C=O) groups is 1. The molecule has 1 aliphatic carbocycles. The number of carbonyl (C=O) groups excluding carboxylic acids is 1. The predicted molar refractivity (Wildman–Crippen MR) is 53.7 cm³/mol. The molecule has 0 spiro atoms. The highest BCUT2D eigenvalue weighted by Gasteiger charge is 2.22. The van der Waals surface area contributed by atoms with Gasteiger partial charge in [-0.1, -0.05) is 0 Å². The van der Waals surface area contributed by atoms with Crippen molar-refractivity contribution in [2.45, 2.75) is 12.8 Å². The third-order valence-corrected chi connectivity index (χ3v) is 2.38. The van der Waals surface area contributed by atoms with E-state index in [0.717, 1.165) is 25.1 Å². The summed E-state index contributed by atoms with van der Waals surface area (Å²) in [5.41, 5.74) is 5.58. The standard InChI is InChI=1S/C10H12FN3O/c11-7-3-8(9(12)13-5-7)10(15)14-4-6-1-2-6/h3,5-6H,1-2,4H2,(H2,12,13)(H,14,15). The first-order valence-corrected chi connectivity index (χ1v) is 4.86. The van der Waals surface area contributed by atoms with E-state index in [1.165, 1.54) is 0 Å². The van der Waals surface area contributed by atoms with Gasteiger partial charge in [-0.2, -0.15) is 0 Å². The molecule has 80 valence electrons. The molecule has 1 fully saturated rings. The summed E-state index contributed by atoms with van der Waals surface area (Å²) in [6.07, 6.45) is 3.29. The van der Waals surface area contributed by atoms with Crippen molar-refractivity contribution in [1.29, 1.82) is 0 Å². The fourth-order valence-electron chi connectivity index (χ4n) is 1.29. The molecular weight excluding hydrogens is 197 g/mol. The second-order valence-corrected chi connectivity index (χ2v) is 3.74. The molecule has 1 aromatic heterocycles. The molecule has 0 aromatic carbocycles. The molecule has 1 aliphatic rings. The van der Waals surface area contributed by atoms with Crippen LogP contribution in [0.4, 0.5) is 10.2 Å². The fourth-order valence-corrected chi connectivity index (χ4v) is 1.29. The van der Waals surface area contributed by atoms with Crippen molar-refractivity contribution in [3.63, 3.8) is 0 Å². The largest absolute Gasteiger partial charge is 0.383 e. The highest BCUT2D eigenvalue weighted by molar-refractivity contribution is 5.98. The number of amides is 1. The van der Waals surface area contributed by atoms with Crippen LogP contribution in [0, 0.1) is 11.7 Å². The highest BCUT2D eigenvalue weighted by atomic mass is 19.1. The molecule has 0 radical (unpaired) electrons. The number of nitrogen functional groups attached to an aromatic ring is 1. The summed E-state index contributed by atoms with van der Waals surface area (Å²) in [4.78, 5) is 15.1. The average molecular weight is 209 g/mol. The number of nitrogens with zero attached hydrogens (tertiary/aromatic N) is 1. The summed E-state index contributed by atoms with van der Waals surface area (Å²) in [7, 11) is 0. The topological polar surface area (TPSA) is 68.0 Å². The van der Waals surface area contributed by atoms with Crippen LogP contribution in [0.15, 0.2) is 12.3 Å². The van der Waals surface area contributed by atoms with Gasteiger partial charge < -0.3 is 11.1 Å². The molecule has 0 aliphatic heterocycles. The van der Waals surface area contributed by atoms with Crippen LogP contribution in [-0.2, 0) is 0 Å². The minimum Gasteiger partial charge on any atom is -0.383 e. The molecule has 0 bridgehead atoms. The first kappa shape index (κ1) is 9.89. The molecule has 0 unspecified atom stereocenters. The van der Waals surface area contributed by atoms with Crippen molar-refractivity contribution >= 4 is 11.7 Å². The molecule has 1 aromatic rings. The van der Waals surface area contributed by atoms with Crippen molar-refractivity contribution < 1.29 is 9.18 Å². The molecular formula is C10H12FN3O. The van der Waals surface area contributed by atoms with Crippen molar-refractivity contribution in [2.75, 3.05) is 12.3 Å². The summed E-state index contributed by atoms with van der Waals surface area (Å²) >= 11 is 0. The average Bonchev–Trinajstić information content (AvgIpc) is 3.02. The monoisotopic (exact) mass is 209 g/mol. The molecule has 0 saturated heterocycles. The number of anilines is 1. The first-order valence-electron chi connectivity index (χ1n) is 4.86. The number of nitrogens with one attached hydrogen (secondary N) is 1. The van der Waals surface area contributed by atoms with E-state index in [2.05, 4.69) is 10.3 Å². The van der Waals surface area contributed by atoms with Gasteiger partial charge in [-0.25, -0.2) is 9.37 Å². The van der Waals surface area contributed by atoms with Gasteiger partial charge in [0.05, 0.1) is 11.8 Å². The Balaban J connectivity index is 2.05. The molecule has 5 heteroatoms. The molecule has 2 rings (SSSR count). The van der Waals surface area contributed by atoms with Crippen LogP contribution in [0.25, 0.3) is 0 Å². The SMILES string of the molecule is Nc1ncc(F)cc1C(=O)NCC1CC1. The lowest BCUT2D eigenvalue weighted by Gasteiger charge is -2.05. The summed E-state index contributed by atoms with van der Waals surface area (Å²) in [5.74, 6) is -0.270. The lowest BCUT2D eigenvalue weighted by atomic mass is 10.2. The van der Waals surface area contributed by atoms with Gasteiger partial charge in [0.2, 0.25) is 0 Å². The summed E-state index contributed by atoms with van der Waals surface area (Å²) in [6.45, 7) is 0.634. The van der Waals surface area contributed by atoms with Crippen LogP contribution in [0.3, 0.4) is 0 Å². The van der Waals surface area contributed by atoms with E-state index in [4.69, 9.17) is 5.73 Å². The van der Waals surface area contributed by atoms with Crippen LogP contribution < -0.4 is 11.1 Å². The Morgan fingerprint density at radius 1 is 1.67 bits per heavy atom. The Kier molecular flexibility index (Phi) is 2.53. The third-order valence-electron chi connectivity index (χ3n) is 2.38. The minimum absolute atomic E-state index is 0.0599. The number of aromatic nitrogens is 1. The van der Waals surface area contributed by atoms with Crippen molar-refractivity contribution in [1.82, 2.24) is 10.3 Å². The summed E-state index contributed by atoms with van der Waals surface area (Å²) in [5, 5.41) is 2.70. The van der Waals surface area contributed by atoms with Gasteiger partial charge in [0.25, 0.3) is 5.91 Å². The zero-order valence-corrected chi connectivity index (χ0v) is 8.16. The summed E-state index contributed by atoms with van der Waals surface area (Å²) in [6, 6.07) is 1.10. The molecule has 3 N–H and O–H groups in total. The second kappa shape index (κ2) is 3.84. The molecule has 1 amide bonds. The number of hydrogen-bond acceptors (Lipinski definition) is 3. The van der Waals surface area contributed by atoms with E-state index in [1.807, 2.05) is 0 Å². The third kappa shape index (κ3) is 2.43. The first-order chi connectivity index (χ1) is 7.16. The van der Waals surface area contributed by atoms with Crippen LogP contribution in [0.1, 0.15) is 23.2 Å². The van der Waals surface area contributed by atoms with Crippen molar-refractivity contribution in [3.05, 3.63) is 23.6 Å².